The molecule has 146 valence electrons. The number of ether oxygens (including phenoxy) is 2. The lowest BCUT2D eigenvalue weighted by Gasteiger charge is -2.12. The fourth-order valence-electron chi connectivity index (χ4n) is 2.32. The van der Waals surface area contributed by atoms with Crippen LogP contribution in [0.1, 0.15) is 54.5 Å². The lowest BCUT2D eigenvalue weighted by molar-refractivity contribution is 0.0958. The maximum atomic E-state index is 12.2. The van der Waals surface area contributed by atoms with Gasteiger partial charge in [-0.3, -0.25) is 4.79 Å². The molecule has 1 aromatic carbocycles. The van der Waals surface area contributed by atoms with Crippen molar-refractivity contribution < 1.29 is 14.3 Å². The highest BCUT2D eigenvalue weighted by molar-refractivity contribution is 7.17. The Bertz CT molecular complexity index is 789. The van der Waals surface area contributed by atoms with E-state index in [0.29, 0.717) is 46.8 Å². The smallest absolute Gasteiger partial charge is 0.283 e. The minimum absolute atomic E-state index is 0.318. The summed E-state index contributed by atoms with van der Waals surface area (Å²) < 4.78 is 11.4. The Kier molecular flexibility index (Phi) is 8.06. The molecule has 27 heavy (non-hydrogen) atoms. The predicted octanol–water partition coefficient (Wildman–Crippen LogP) is 3.63. The van der Waals surface area contributed by atoms with Crippen LogP contribution in [0.4, 0.5) is 5.13 Å². The first-order valence-corrected chi connectivity index (χ1v) is 9.88. The number of nitrogen functional groups attached to an aromatic ring is 1. The summed E-state index contributed by atoms with van der Waals surface area (Å²) in [4.78, 5) is 16.9. The van der Waals surface area contributed by atoms with Crippen LogP contribution < -0.4 is 20.6 Å². The van der Waals surface area contributed by atoms with E-state index in [9.17, 15) is 4.79 Å². The third-order valence-electron chi connectivity index (χ3n) is 3.66. The van der Waals surface area contributed by atoms with Crippen LogP contribution >= 0.6 is 11.3 Å². The molecule has 0 radical (unpaired) electrons. The summed E-state index contributed by atoms with van der Waals surface area (Å²) in [7, 11) is 0. The first kappa shape index (κ1) is 20.7. The van der Waals surface area contributed by atoms with Gasteiger partial charge in [-0.25, -0.2) is 10.4 Å². The third-order valence-corrected chi connectivity index (χ3v) is 4.58. The molecule has 0 aliphatic rings. The molecule has 7 nitrogen and oxygen atoms in total. The fourth-order valence-corrected chi connectivity index (χ4v) is 3.13. The Morgan fingerprint density at radius 2 is 2.11 bits per heavy atom. The summed E-state index contributed by atoms with van der Waals surface area (Å²) in [5.74, 6) is 1.05. The quantitative estimate of drug-likeness (QED) is 0.367. The van der Waals surface area contributed by atoms with Crippen molar-refractivity contribution in [1.82, 2.24) is 10.4 Å². The number of nitrogens with zero attached hydrogens (tertiary/aromatic N) is 2. The van der Waals surface area contributed by atoms with Gasteiger partial charge in [-0.2, -0.15) is 5.10 Å². The minimum atomic E-state index is -0.318. The first-order chi connectivity index (χ1) is 13.1. The van der Waals surface area contributed by atoms with Gasteiger partial charge in [-0.1, -0.05) is 31.6 Å². The molecule has 1 heterocycles. The number of anilines is 1. The number of hydrazone groups is 1. The molecule has 3 N–H and O–H groups in total. The fraction of sp³-hybridized carbons (Fsp3) is 0.421. The van der Waals surface area contributed by atoms with Gasteiger partial charge in [0.15, 0.2) is 16.6 Å². The highest BCUT2D eigenvalue weighted by Crippen LogP contribution is 2.28. The SMILES string of the molecule is CCCCOc1ccc(/C=N\NC(=O)c2sc(N)nc2CC)cc1OCC. The van der Waals surface area contributed by atoms with Crippen molar-refractivity contribution in [2.45, 2.75) is 40.0 Å². The Morgan fingerprint density at radius 3 is 2.81 bits per heavy atom. The van der Waals surface area contributed by atoms with Gasteiger partial charge in [0.1, 0.15) is 4.88 Å². The summed E-state index contributed by atoms with van der Waals surface area (Å²) in [6.45, 7) is 7.15. The van der Waals surface area contributed by atoms with Crippen LogP contribution in [-0.2, 0) is 6.42 Å². The maximum Gasteiger partial charge on any atom is 0.283 e. The molecule has 0 bridgehead atoms. The Labute approximate surface area is 163 Å². The first-order valence-electron chi connectivity index (χ1n) is 9.07. The van der Waals surface area contributed by atoms with Crippen molar-refractivity contribution in [3.8, 4) is 11.5 Å². The molecule has 0 fully saturated rings. The molecule has 1 amide bonds. The van der Waals surface area contributed by atoms with E-state index in [1.165, 1.54) is 0 Å². The lowest BCUT2D eigenvalue weighted by Crippen LogP contribution is -2.17. The number of hydrogen-bond donors (Lipinski definition) is 2. The van der Waals surface area contributed by atoms with Crippen LogP contribution in [0.25, 0.3) is 0 Å². The highest BCUT2D eigenvalue weighted by atomic mass is 32.1. The number of nitrogens with one attached hydrogen (secondary N) is 1. The number of thiazole rings is 1. The van der Waals surface area contributed by atoms with E-state index in [4.69, 9.17) is 15.2 Å². The zero-order valence-electron chi connectivity index (χ0n) is 15.9. The molecule has 0 aliphatic heterocycles. The monoisotopic (exact) mass is 390 g/mol. The van der Waals surface area contributed by atoms with Crippen LogP contribution in [0.5, 0.6) is 11.5 Å². The van der Waals surface area contributed by atoms with Gasteiger partial charge in [-0.05, 0) is 43.5 Å². The Morgan fingerprint density at radius 1 is 1.30 bits per heavy atom. The van der Waals surface area contributed by atoms with E-state index in [1.54, 1.807) is 6.21 Å². The summed E-state index contributed by atoms with van der Waals surface area (Å²) >= 11 is 1.16. The van der Waals surface area contributed by atoms with Crippen molar-refractivity contribution >= 4 is 28.6 Å². The van der Waals surface area contributed by atoms with Gasteiger partial charge in [0.05, 0.1) is 25.1 Å². The summed E-state index contributed by atoms with van der Waals surface area (Å²) in [6.07, 6.45) is 4.26. The lowest BCUT2D eigenvalue weighted by atomic mass is 10.2. The largest absolute Gasteiger partial charge is 0.490 e. The predicted molar refractivity (Wildman–Crippen MR) is 109 cm³/mol. The normalized spacial score (nSPS) is 10.9. The van der Waals surface area contributed by atoms with Crippen LogP contribution in [-0.4, -0.2) is 30.3 Å². The number of rotatable bonds is 10. The van der Waals surface area contributed by atoms with Gasteiger partial charge < -0.3 is 15.2 Å². The van der Waals surface area contributed by atoms with Crippen molar-refractivity contribution in [3.05, 3.63) is 34.3 Å². The molecular weight excluding hydrogens is 364 g/mol. The van der Waals surface area contributed by atoms with Gasteiger partial charge in [-0.15, -0.1) is 0 Å². The van der Waals surface area contributed by atoms with Crippen LogP contribution in [0, 0.1) is 0 Å². The van der Waals surface area contributed by atoms with Crippen LogP contribution in [0.2, 0.25) is 0 Å². The number of hydrogen-bond acceptors (Lipinski definition) is 7. The summed E-state index contributed by atoms with van der Waals surface area (Å²) in [6, 6.07) is 5.55. The molecule has 0 saturated heterocycles. The Balaban J connectivity index is 2.04. The minimum Gasteiger partial charge on any atom is -0.490 e. The van der Waals surface area contributed by atoms with Crippen LogP contribution in [0.3, 0.4) is 0 Å². The zero-order chi connectivity index (χ0) is 19.6. The van der Waals surface area contributed by atoms with E-state index >= 15 is 0 Å². The Hall–Kier alpha value is -2.61. The number of aryl methyl sites for hydroxylation is 1. The molecule has 2 aromatic rings. The standard InChI is InChI=1S/C19H26N4O3S/c1-4-7-10-26-15-9-8-13(11-16(15)25-6-3)12-21-23-18(24)17-14(5-2)22-19(20)27-17/h8-9,11-12H,4-7,10H2,1-3H3,(H2,20,22)(H,23,24)/b21-12-. The van der Waals surface area contributed by atoms with Gasteiger partial charge in [0.25, 0.3) is 5.91 Å². The molecule has 0 atom stereocenters. The van der Waals surface area contributed by atoms with Crippen molar-refractivity contribution in [3.63, 3.8) is 0 Å². The molecule has 0 aliphatic carbocycles. The van der Waals surface area contributed by atoms with Crippen molar-refractivity contribution in [2.24, 2.45) is 5.10 Å². The number of unbranched alkanes of at least 4 members (excludes halogenated alkanes) is 1. The van der Waals surface area contributed by atoms with Crippen LogP contribution in [0.15, 0.2) is 23.3 Å². The molecule has 0 saturated carbocycles. The van der Waals surface area contributed by atoms with Gasteiger partial charge in [0.2, 0.25) is 0 Å². The third kappa shape index (κ3) is 5.96. The summed E-state index contributed by atoms with van der Waals surface area (Å²) in [5.41, 5.74) is 9.67. The zero-order valence-corrected chi connectivity index (χ0v) is 16.8. The number of aromatic nitrogens is 1. The molecule has 0 unspecified atom stereocenters. The second kappa shape index (κ2) is 10.5. The van der Waals surface area contributed by atoms with Gasteiger partial charge in [0, 0.05) is 0 Å². The number of benzene rings is 1. The topological polar surface area (TPSA) is 98.8 Å². The number of nitrogens with two attached hydrogens (primary N) is 1. The average Bonchev–Trinajstić information content (AvgIpc) is 3.04. The second-order valence-electron chi connectivity index (χ2n) is 5.72. The van der Waals surface area contributed by atoms with Crippen molar-refractivity contribution in [1.29, 1.82) is 0 Å². The van der Waals surface area contributed by atoms with E-state index in [1.807, 2.05) is 32.0 Å². The molecule has 2 rings (SSSR count). The molecular formula is C19H26N4O3S. The van der Waals surface area contributed by atoms with E-state index < -0.39 is 0 Å². The molecule has 0 spiro atoms. The maximum absolute atomic E-state index is 12.2. The second-order valence-corrected chi connectivity index (χ2v) is 6.75. The van der Waals surface area contributed by atoms with E-state index in [2.05, 4.69) is 22.4 Å². The number of carbonyl (C=O) groups excluding carboxylic acids is 1. The van der Waals surface area contributed by atoms with Crippen molar-refractivity contribution in [2.75, 3.05) is 18.9 Å². The number of carbonyl (C=O) groups is 1. The van der Waals surface area contributed by atoms with Gasteiger partial charge >= 0.3 is 0 Å². The van der Waals surface area contributed by atoms with E-state index in [-0.39, 0.29) is 5.91 Å². The highest BCUT2D eigenvalue weighted by Gasteiger charge is 2.15. The molecule has 8 heteroatoms. The van der Waals surface area contributed by atoms with E-state index in [0.717, 1.165) is 29.7 Å². The number of amides is 1. The molecule has 1 aromatic heterocycles. The average molecular weight is 391 g/mol. The summed E-state index contributed by atoms with van der Waals surface area (Å²) in [5, 5.41) is 4.40.